The van der Waals surface area contributed by atoms with Crippen LogP contribution in [0.4, 0.5) is 10.5 Å². The molecule has 0 saturated carbocycles. The number of ether oxygens (including phenoxy) is 1. The Bertz CT molecular complexity index is 597. The second kappa shape index (κ2) is 6.60. The normalized spacial score (nSPS) is 15.5. The molecule has 1 heterocycles. The largest absolute Gasteiger partial charge is 0.444 e. The van der Waals surface area contributed by atoms with Crippen molar-refractivity contribution < 1.29 is 14.3 Å². The van der Waals surface area contributed by atoms with Gasteiger partial charge in [0.15, 0.2) is 5.78 Å². The van der Waals surface area contributed by atoms with E-state index in [9.17, 15) is 9.59 Å². The Morgan fingerprint density at radius 1 is 1.09 bits per heavy atom. The summed E-state index contributed by atoms with van der Waals surface area (Å²) in [6.07, 6.45) is -0.250. The van der Waals surface area contributed by atoms with Gasteiger partial charge in [-0.15, -0.1) is 0 Å². The third-order valence-electron chi connectivity index (χ3n) is 3.89. The van der Waals surface area contributed by atoms with Gasteiger partial charge in [0.2, 0.25) is 0 Å². The molecule has 1 amide bonds. The van der Waals surface area contributed by atoms with Crippen molar-refractivity contribution in [2.75, 3.05) is 31.1 Å². The Morgan fingerprint density at radius 2 is 1.70 bits per heavy atom. The van der Waals surface area contributed by atoms with Crippen LogP contribution in [0.15, 0.2) is 18.2 Å². The molecule has 1 fully saturated rings. The van der Waals surface area contributed by atoms with Crippen LogP contribution in [0.3, 0.4) is 0 Å². The molecule has 5 heteroatoms. The van der Waals surface area contributed by atoms with E-state index in [4.69, 9.17) is 4.74 Å². The van der Waals surface area contributed by atoms with E-state index in [0.29, 0.717) is 13.1 Å². The van der Waals surface area contributed by atoms with E-state index < -0.39 is 5.60 Å². The number of hydrogen-bond donors (Lipinski definition) is 0. The zero-order chi connectivity index (χ0) is 17.2. The first-order chi connectivity index (χ1) is 10.7. The van der Waals surface area contributed by atoms with Crippen LogP contribution in [0.25, 0.3) is 0 Å². The standard InChI is InChI=1S/C18H26N2O3/c1-13-12-15(6-7-16(13)14(2)21)19-8-10-20(11-9-19)17(22)23-18(3,4)5/h6-7,12H,8-11H2,1-5H3. The highest BCUT2D eigenvalue weighted by Gasteiger charge is 2.26. The van der Waals surface area contributed by atoms with Crippen LogP contribution in [-0.4, -0.2) is 48.6 Å². The molecular formula is C18H26N2O3. The van der Waals surface area contributed by atoms with Crippen LogP contribution >= 0.6 is 0 Å². The van der Waals surface area contributed by atoms with Crippen LogP contribution in [0.5, 0.6) is 0 Å². The number of hydrogen-bond acceptors (Lipinski definition) is 4. The lowest BCUT2D eigenvalue weighted by Gasteiger charge is -2.37. The zero-order valence-corrected chi connectivity index (χ0v) is 14.7. The maximum absolute atomic E-state index is 12.1. The van der Waals surface area contributed by atoms with E-state index in [0.717, 1.165) is 29.9 Å². The molecular weight excluding hydrogens is 292 g/mol. The minimum Gasteiger partial charge on any atom is -0.444 e. The molecule has 0 radical (unpaired) electrons. The van der Waals surface area contributed by atoms with Gasteiger partial charge in [0.05, 0.1) is 0 Å². The third kappa shape index (κ3) is 4.47. The maximum atomic E-state index is 12.1. The first-order valence-corrected chi connectivity index (χ1v) is 8.02. The number of carbonyl (C=O) groups excluding carboxylic acids is 2. The Kier molecular flexibility index (Phi) is 4.97. The molecule has 126 valence electrons. The lowest BCUT2D eigenvalue weighted by atomic mass is 10.0. The number of nitrogens with zero attached hydrogens (tertiary/aromatic N) is 2. The molecule has 1 aliphatic heterocycles. The molecule has 5 nitrogen and oxygen atoms in total. The number of aryl methyl sites for hydroxylation is 1. The highest BCUT2D eigenvalue weighted by molar-refractivity contribution is 5.95. The van der Waals surface area contributed by atoms with Crippen LogP contribution < -0.4 is 4.90 Å². The van der Waals surface area contributed by atoms with Crippen molar-refractivity contribution >= 4 is 17.6 Å². The number of benzene rings is 1. The molecule has 0 bridgehead atoms. The van der Waals surface area contributed by atoms with Gasteiger partial charge in [-0.05, 0) is 58.4 Å². The fourth-order valence-corrected chi connectivity index (χ4v) is 2.71. The Hall–Kier alpha value is -2.04. The molecule has 1 aromatic carbocycles. The molecule has 1 aromatic rings. The van der Waals surface area contributed by atoms with Gasteiger partial charge >= 0.3 is 6.09 Å². The maximum Gasteiger partial charge on any atom is 0.410 e. The van der Waals surface area contributed by atoms with Crippen molar-refractivity contribution in [1.82, 2.24) is 4.90 Å². The highest BCUT2D eigenvalue weighted by Crippen LogP contribution is 2.21. The number of amides is 1. The average Bonchev–Trinajstić information content (AvgIpc) is 2.45. The summed E-state index contributed by atoms with van der Waals surface area (Å²) in [5, 5.41) is 0. The van der Waals surface area contributed by atoms with E-state index in [-0.39, 0.29) is 11.9 Å². The molecule has 2 rings (SSSR count). The Labute approximate surface area is 138 Å². The summed E-state index contributed by atoms with van der Waals surface area (Å²) in [6, 6.07) is 5.90. The predicted octanol–water partition coefficient (Wildman–Crippen LogP) is 3.25. The summed E-state index contributed by atoms with van der Waals surface area (Å²) in [5.74, 6) is 0.0868. The third-order valence-corrected chi connectivity index (χ3v) is 3.89. The molecule has 0 atom stereocenters. The number of piperazine rings is 1. The summed E-state index contributed by atoms with van der Waals surface area (Å²) in [4.78, 5) is 27.6. The topological polar surface area (TPSA) is 49.9 Å². The summed E-state index contributed by atoms with van der Waals surface area (Å²) < 4.78 is 5.41. The van der Waals surface area contributed by atoms with Gasteiger partial charge in [0, 0.05) is 37.4 Å². The number of anilines is 1. The van der Waals surface area contributed by atoms with E-state index in [1.807, 2.05) is 45.9 Å². The first kappa shape index (κ1) is 17.3. The molecule has 0 aliphatic carbocycles. The van der Waals surface area contributed by atoms with E-state index >= 15 is 0 Å². The summed E-state index contributed by atoms with van der Waals surface area (Å²) in [6.45, 7) is 12.0. The minimum atomic E-state index is -0.464. The minimum absolute atomic E-state index is 0.0868. The van der Waals surface area contributed by atoms with Crippen LogP contribution in [0.2, 0.25) is 0 Å². The smallest absolute Gasteiger partial charge is 0.410 e. The van der Waals surface area contributed by atoms with Crippen molar-refractivity contribution in [1.29, 1.82) is 0 Å². The van der Waals surface area contributed by atoms with E-state index in [2.05, 4.69) is 4.90 Å². The molecule has 0 spiro atoms. The first-order valence-electron chi connectivity index (χ1n) is 8.02. The SMILES string of the molecule is CC(=O)c1ccc(N2CCN(C(=O)OC(C)(C)C)CC2)cc1C. The van der Waals surface area contributed by atoms with Gasteiger partial charge in [0.25, 0.3) is 0 Å². The average molecular weight is 318 g/mol. The lowest BCUT2D eigenvalue weighted by molar-refractivity contribution is 0.0240. The Balaban J connectivity index is 1.98. The van der Waals surface area contributed by atoms with Crippen molar-refractivity contribution in [3.05, 3.63) is 29.3 Å². The number of ketones is 1. The summed E-state index contributed by atoms with van der Waals surface area (Å²) in [5.41, 5.74) is 2.38. The quantitative estimate of drug-likeness (QED) is 0.785. The van der Waals surface area contributed by atoms with Crippen molar-refractivity contribution in [2.45, 2.75) is 40.2 Å². The molecule has 0 aromatic heterocycles. The van der Waals surface area contributed by atoms with Gasteiger partial charge in [0.1, 0.15) is 5.60 Å². The van der Waals surface area contributed by atoms with E-state index in [1.165, 1.54) is 0 Å². The van der Waals surface area contributed by atoms with E-state index in [1.54, 1.807) is 11.8 Å². The summed E-state index contributed by atoms with van der Waals surface area (Å²) in [7, 11) is 0. The lowest BCUT2D eigenvalue weighted by Crippen LogP contribution is -2.50. The zero-order valence-electron chi connectivity index (χ0n) is 14.7. The second-order valence-electron chi connectivity index (χ2n) is 7.01. The number of carbonyl (C=O) groups is 2. The summed E-state index contributed by atoms with van der Waals surface area (Å²) >= 11 is 0. The monoisotopic (exact) mass is 318 g/mol. The van der Waals surface area contributed by atoms with Crippen LogP contribution in [-0.2, 0) is 4.74 Å². The van der Waals surface area contributed by atoms with Gasteiger partial charge in [-0.3, -0.25) is 4.79 Å². The van der Waals surface area contributed by atoms with Crippen molar-refractivity contribution in [3.8, 4) is 0 Å². The molecule has 23 heavy (non-hydrogen) atoms. The molecule has 1 saturated heterocycles. The van der Waals surface area contributed by atoms with Gasteiger partial charge in [-0.25, -0.2) is 4.79 Å². The van der Waals surface area contributed by atoms with Gasteiger partial charge in [-0.1, -0.05) is 0 Å². The number of Topliss-reactive ketones (excluding diaryl/α,β-unsaturated/α-hetero) is 1. The van der Waals surface area contributed by atoms with Crippen molar-refractivity contribution in [3.63, 3.8) is 0 Å². The second-order valence-corrected chi connectivity index (χ2v) is 7.01. The fraction of sp³-hybridized carbons (Fsp3) is 0.556. The Morgan fingerprint density at radius 3 is 2.17 bits per heavy atom. The van der Waals surface area contributed by atoms with Gasteiger partial charge < -0.3 is 14.5 Å². The van der Waals surface area contributed by atoms with Crippen LogP contribution in [0.1, 0.15) is 43.6 Å². The predicted molar refractivity (Wildman–Crippen MR) is 91.2 cm³/mol. The van der Waals surface area contributed by atoms with Gasteiger partial charge in [-0.2, -0.15) is 0 Å². The van der Waals surface area contributed by atoms with Crippen molar-refractivity contribution in [2.24, 2.45) is 0 Å². The molecule has 1 aliphatic rings. The van der Waals surface area contributed by atoms with Crippen LogP contribution in [0, 0.1) is 6.92 Å². The number of rotatable bonds is 2. The molecule has 0 N–H and O–H groups in total. The highest BCUT2D eigenvalue weighted by atomic mass is 16.6. The molecule has 0 unspecified atom stereocenters. The fourth-order valence-electron chi connectivity index (χ4n) is 2.71.